The number of phenolic OH excluding ortho intramolecular Hbond substituents is 1. The van der Waals surface area contributed by atoms with Gasteiger partial charge < -0.3 is 10.8 Å². The zero-order valence-electron chi connectivity index (χ0n) is 20.6. The molecule has 0 fully saturated rings. The summed E-state index contributed by atoms with van der Waals surface area (Å²) in [6.07, 6.45) is 2.08. The monoisotopic (exact) mass is 514 g/mol. The first-order chi connectivity index (χ1) is 17.6. The molecule has 0 saturated heterocycles. The summed E-state index contributed by atoms with van der Waals surface area (Å²) in [4.78, 5) is 15.6. The molecule has 0 atom stereocenters. The maximum Gasteiger partial charge on any atom is 0.345 e. The highest BCUT2D eigenvalue weighted by Gasteiger charge is 2.29. The minimum Gasteiger partial charge on any atom is -0.508 e. The Balaban J connectivity index is 0.00000320. The number of nitrogens with two attached hydrogens (primary N) is 1. The van der Waals surface area contributed by atoms with Gasteiger partial charge in [-0.3, -0.25) is 4.90 Å². The predicted molar refractivity (Wildman–Crippen MR) is 153 cm³/mol. The number of carbonyl (C=O) groups is 1. The lowest BCUT2D eigenvalue weighted by Gasteiger charge is -2.26. The number of phenols is 1. The molecule has 4 aromatic carbocycles. The number of aryl methyl sites for hydroxylation is 1. The van der Waals surface area contributed by atoms with Crippen LogP contribution >= 0.6 is 12.4 Å². The summed E-state index contributed by atoms with van der Waals surface area (Å²) in [5, 5.41) is 18.4. The highest BCUT2D eigenvalue weighted by atomic mass is 35.5. The minimum atomic E-state index is -0.149. The number of rotatable bonds is 8. The zero-order valence-corrected chi connectivity index (χ0v) is 21.4. The molecule has 7 heteroatoms. The van der Waals surface area contributed by atoms with Gasteiger partial charge >= 0.3 is 6.03 Å². The maximum atomic E-state index is 13.8. The van der Waals surface area contributed by atoms with Crippen LogP contribution in [0.15, 0.2) is 96.1 Å². The summed E-state index contributed by atoms with van der Waals surface area (Å²) >= 11 is 0. The number of amides is 2. The zero-order chi connectivity index (χ0) is 24.9. The Labute approximate surface area is 223 Å². The lowest BCUT2D eigenvalue weighted by Crippen LogP contribution is -2.40. The summed E-state index contributed by atoms with van der Waals surface area (Å²) in [5.74, 6) is 0.249. The van der Waals surface area contributed by atoms with Crippen molar-refractivity contribution in [1.82, 2.24) is 5.01 Å². The van der Waals surface area contributed by atoms with Crippen LogP contribution in [-0.2, 0) is 13.0 Å². The highest BCUT2D eigenvalue weighted by Crippen LogP contribution is 2.30. The van der Waals surface area contributed by atoms with Crippen LogP contribution in [0.4, 0.5) is 10.5 Å². The van der Waals surface area contributed by atoms with Crippen molar-refractivity contribution in [1.29, 1.82) is 0 Å². The largest absolute Gasteiger partial charge is 0.508 e. The third-order valence-electron chi connectivity index (χ3n) is 6.51. The first kappa shape index (κ1) is 26.2. The van der Waals surface area contributed by atoms with Crippen LogP contribution in [-0.4, -0.2) is 34.9 Å². The smallest absolute Gasteiger partial charge is 0.345 e. The van der Waals surface area contributed by atoms with E-state index in [0.717, 1.165) is 39.9 Å². The third-order valence-corrected chi connectivity index (χ3v) is 6.51. The van der Waals surface area contributed by atoms with Gasteiger partial charge in [0.25, 0.3) is 0 Å². The number of anilines is 1. The summed E-state index contributed by atoms with van der Waals surface area (Å²) in [6.45, 7) is 1.39. The van der Waals surface area contributed by atoms with E-state index in [1.165, 1.54) is 5.39 Å². The minimum absolute atomic E-state index is 0. The molecule has 1 heterocycles. The molecule has 1 aliphatic heterocycles. The maximum absolute atomic E-state index is 13.8. The van der Waals surface area contributed by atoms with Crippen molar-refractivity contribution < 1.29 is 9.90 Å². The van der Waals surface area contributed by atoms with Gasteiger partial charge in [0.2, 0.25) is 0 Å². The quantitative estimate of drug-likeness (QED) is 0.298. The SMILES string of the molecule is Cl.NCCCN1N=C(CCc2ccc(O)cc2)c2ccccc2N(Cc2ccc3ccccc3c2)C1=O. The number of carbonyl (C=O) groups excluding carboxylic acids is 1. The fourth-order valence-corrected chi connectivity index (χ4v) is 4.61. The van der Waals surface area contributed by atoms with Crippen LogP contribution in [0.25, 0.3) is 10.8 Å². The van der Waals surface area contributed by atoms with E-state index in [2.05, 4.69) is 30.3 Å². The predicted octanol–water partition coefficient (Wildman–Crippen LogP) is 6.10. The normalized spacial score (nSPS) is 13.1. The van der Waals surface area contributed by atoms with E-state index in [1.54, 1.807) is 17.1 Å². The van der Waals surface area contributed by atoms with Gasteiger partial charge in [-0.1, -0.05) is 66.7 Å². The summed E-state index contributed by atoms with van der Waals surface area (Å²) in [6, 6.07) is 29.6. The number of benzene rings is 4. The van der Waals surface area contributed by atoms with E-state index in [4.69, 9.17) is 10.8 Å². The van der Waals surface area contributed by atoms with Crippen molar-refractivity contribution in [2.24, 2.45) is 10.8 Å². The molecule has 4 aromatic rings. The topological polar surface area (TPSA) is 82.2 Å². The van der Waals surface area contributed by atoms with Crippen molar-refractivity contribution >= 4 is 40.6 Å². The first-order valence-electron chi connectivity index (χ1n) is 12.3. The number of nitrogens with zero attached hydrogens (tertiary/aromatic N) is 3. The summed E-state index contributed by atoms with van der Waals surface area (Å²) in [7, 11) is 0. The Hall–Kier alpha value is -3.87. The van der Waals surface area contributed by atoms with Gasteiger partial charge in [-0.25, -0.2) is 9.80 Å². The number of para-hydroxylation sites is 1. The number of fused-ring (bicyclic) bond motifs is 2. The molecule has 2 amide bonds. The van der Waals surface area contributed by atoms with E-state index in [9.17, 15) is 9.90 Å². The van der Waals surface area contributed by atoms with Gasteiger partial charge in [-0.15, -0.1) is 12.4 Å². The molecule has 0 radical (unpaired) electrons. The van der Waals surface area contributed by atoms with Gasteiger partial charge in [0.05, 0.1) is 17.9 Å². The van der Waals surface area contributed by atoms with Gasteiger partial charge in [0.15, 0.2) is 0 Å². The molecule has 0 aliphatic carbocycles. The molecule has 0 bridgehead atoms. The Morgan fingerprint density at radius 3 is 2.30 bits per heavy atom. The number of hydrogen-bond donors (Lipinski definition) is 2. The van der Waals surface area contributed by atoms with Crippen LogP contribution in [0, 0.1) is 0 Å². The van der Waals surface area contributed by atoms with Crippen molar-refractivity contribution in [3.05, 3.63) is 108 Å². The number of aromatic hydroxyl groups is 1. The van der Waals surface area contributed by atoms with Crippen LogP contribution in [0.3, 0.4) is 0 Å². The van der Waals surface area contributed by atoms with Crippen LogP contribution < -0.4 is 10.6 Å². The first-order valence-corrected chi connectivity index (χ1v) is 12.3. The fourth-order valence-electron chi connectivity index (χ4n) is 4.61. The molecule has 0 unspecified atom stereocenters. The second-order valence-electron chi connectivity index (χ2n) is 9.05. The van der Waals surface area contributed by atoms with E-state index in [-0.39, 0.29) is 24.2 Å². The fraction of sp³-hybridized carbons (Fsp3) is 0.200. The summed E-state index contributed by atoms with van der Waals surface area (Å²) < 4.78 is 0. The molecule has 0 aromatic heterocycles. The average molecular weight is 515 g/mol. The number of urea groups is 1. The average Bonchev–Trinajstić information content (AvgIpc) is 3.02. The van der Waals surface area contributed by atoms with Crippen molar-refractivity contribution in [2.75, 3.05) is 18.0 Å². The van der Waals surface area contributed by atoms with E-state index in [0.29, 0.717) is 32.5 Å². The Morgan fingerprint density at radius 1 is 0.811 bits per heavy atom. The van der Waals surface area contributed by atoms with Crippen molar-refractivity contribution in [3.63, 3.8) is 0 Å². The lowest BCUT2D eigenvalue weighted by atomic mass is 10.00. The number of hydrazone groups is 1. The standard InChI is InChI=1S/C30H30N4O2.ClH/c31-18-5-19-34-30(36)33(21-23-10-14-24-6-1-2-7-25(24)20-23)29-9-4-3-8-27(29)28(32-34)17-13-22-11-15-26(35)16-12-22;/h1-4,6-12,14-16,20,35H,5,13,17-19,21,31H2;1H. The van der Waals surface area contributed by atoms with Crippen molar-refractivity contribution in [3.8, 4) is 5.75 Å². The highest BCUT2D eigenvalue weighted by molar-refractivity contribution is 6.10. The number of hydrogen-bond acceptors (Lipinski definition) is 4. The van der Waals surface area contributed by atoms with Crippen molar-refractivity contribution in [2.45, 2.75) is 25.8 Å². The van der Waals surface area contributed by atoms with Gasteiger partial charge in [0, 0.05) is 12.1 Å². The molecule has 0 spiro atoms. The van der Waals surface area contributed by atoms with E-state index in [1.807, 2.05) is 53.4 Å². The van der Waals surface area contributed by atoms with E-state index >= 15 is 0 Å². The Kier molecular flexibility index (Phi) is 8.43. The molecule has 0 saturated carbocycles. The second-order valence-corrected chi connectivity index (χ2v) is 9.05. The van der Waals surface area contributed by atoms with Gasteiger partial charge in [-0.2, -0.15) is 5.10 Å². The van der Waals surface area contributed by atoms with E-state index < -0.39 is 0 Å². The van der Waals surface area contributed by atoms with Crippen LogP contribution in [0.1, 0.15) is 29.5 Å². The van der Waals surface area contributed by atoms with Gasteiger partial charge in [-0.05, 0) is 72.0 Å². The molecular formula is C30H31ClN4O2. The Bertz CT molecular complexity index is 1400. The van der Waals surface area contributed by atoms with Crippen LogP contribution in [0.2, 0.25) is 0 Å². The van der Waals surface area contributed by atoms with Crippen LogP contribution in [0.5, 0.6) is 5.75 Å². The second kappa shape index (κ2) is 11.9. The molecule has 3 N–H and O–H groups in total. The molecular weight excluding hydrogens is 484 g/mol. The Morgan fingerprint density at radius 2 is 1.51 bits per heavy atom. The molecule has 6 nitrogen and oxygen atoms in total. The summed E-state index contributed by atoms with van der Waals surface area (Å²) in [5.41, 5.74) is 10.6. The van der Waals surface area contributed by atoms with Gasteiger partial charge in [0.1, 0.15) is 5.75 Å². The molecule has 37 heavy (non-hydrogen) atoms. The molecule has 5 rings (SSSR count). The molecule has 190 valence electrons. The third kappa shape index (κ3) is 5.93. The molecule has 1 aliphatic rings. The lowest BCUT2D eigenvalue weighted by molar-refractivity contribution is 0.206. The number of halogens is 1.